The van der Waals surface area contributed by atoms with E-state index in [1.165, 1.54) is 0 Å². The highest BCUT2D eigenvalue weighted by Gasteiger charge is 2.40. The number of aromatic nitrogens is 2. The molecule has 11 heteroatoms. The molecule has 1 aromatic heterocycles. The van der Waals surface area contributed by atoms with E-state index in [0.29, 0.717) is 19.5 Å². The molecule has 4 rings (SSSR count). The maximum absolute atomic E-state index is 14.6. The minimum Gasteiger partial charge on any atom is -0.444 e. The van der Waals surface area contributed by atoms with Crippen LogP contribution >= 0.6 is 0 Å². The molecular formula is C23H29F2N5O4. The number of alkyl carbamates (subject to hydrolysis) is 1. The van der Waals surface area contributed by atoms with Crippen LogP contribution in [0, 0.1) is 11.6 Å². The van der Waals surface area contributed by atoms with Crippen molar-refractivity contribution < 1.29 is 27.8 Å². The Morgan fingerprint density at radius 3 is 2.65 bits per heavy atom. The van der Waals surface area contributed by atoms with Crippen molar-refractivity contribution in [1.82, 2.24) is 19.8 Å². The number of benzene rings is 1. The number of hydrogen-bond donors (Lipinski definition) is 2. The van der Waals surface area contributed by atoms with Crippen LogP contribution in [-0.4, -0.2) is 50.7 Å². The molecular weight excluding hydrogens is 448 g/mol. The highest BCUT2D eigenvalue weighted by atomic mass is 19.1. The SMILES string of the molecule is Cn1c(C(N)=O)nc2c1CN([C@H]1CO[C@H](c3cc(F)ccc3F)[C@@H](NC(=O)OC(C)(C)C)C1)C2. The predicted octanol–water partition coefficient (Wildman–Crippen LogP) is 2.54. The molecule has 3 atom stereocenters. The first kappa shape index (κ1) is 24.1. The average molecular weight is 478 g/mol. The van der Waals surface area contributed by atoms with Gasteiger partial charge >= 0.3 is 6.09 Å². The zero-order valence-electron chi connectivity index (χ0n) is 19.6. The van der Waals surface area contributed by atoms with Crippen LogP contribution in [0.25, 0.3) is 0 Å². The summed E-state index contributed by atoms with van der Waals surface area (Å²) >= 11 is 0. The van der Waals surface area contributed by atoms with Gasteiger partial charge in [0, 0.05) is 31.7 Å². The van der Waals surface area contributed by atoms with Crippen molar-refractivity contribution in [2.75, 3.05) is 6.61 Å². The largest absolute Gasteiger partial charge is 0.444 e. The van der Waals surface area contributed by atoms with Crippen LogP contribution in [0.2, 0.25) is 0 Å². The summed E-state index contributed by atoms with van der Waals surface area (Å²) in [5.74, 6) is -1.59. The van der Waals surface area contributed by atoms with E-state index in [0.717, 1.165) is 29.6 Å². The lowest BCUT2D eigenvalue weighted by molar-refractivity contribution is -0.0630. The molecule has 9 nitrogen and oxygen atoms in total. The van der Waals surface area contributed by atoms with E-state index in [2.05, 4.69) is 15.2 Å². The van der Waals surface area contributed by atoms with E-state index in [4.69, 9.17) is 15.2 Å². The van der Waals surface area contributed by atoms with E-state index >= 15 is 0 Å². The molecule has 0 bridgehead atoms. The van der Waals surface area contributed by atoms with Crippen LogP contribution in [-0.2, 0) is 29.6 Å². The van der Waals surface area contributed by atoms with Gasteiger partial charge in [0.2, 0.25) is 0 Å². The number of imidazole rings is 1. The van der Waals surface area contributed by atoms with Gasteiger partial charge in [-0.1, -0.05) is 0 Å². The summed E-state index contributed by atoms with van der Waals surface area (Å²) in [6, 6.07) is 2.37. The number of carbonyl (C=O) groups excluding carboxylic acids is 2. The summed E-state index contributed by atoms with van der Waals surface area (Å²) in [5, 5.41) is 2.79. The number of carbonyl (C=O) groups is 2. The number of fused-ring (bicyclic) bond motifs is 1. The van der Waals surface area contributed by atoms with Crippen molar-refractivity contribution in [2.24, 2.45) is 12.8 Å². The second-order valence-corrected chi connectivity index (χ2v) is 9.72. The molecule has 3 heterocycles. The lowest BCUT2D eigenvalue weighted by atomic mass is 9.92. The predicted molar refractivity (Wildman–Crippen MR) is 118 cm³/mol. The molecule has 1 fully saturated rings. The van der Waals surface area contributed by atoms with Gasteiger partial charge in [-0.2, -0.15) is 0 Å². The van der Waals surface area contributed by atoms with E-state index in [1.54, 1.807) is 32.4 Å². The molecule has 1 saturated heterocycles. The smallest absolute Gasteiger partial charge is 0.407 e. The van der Waals surface area contributed by atoms with Gasteiger partial charge in [-0.15, -0.1) is 0 Å². The third kappa shape index (κ3) is 4.90. The van der Waals surface area contributed by atoms with Gasteiger partial charge in [0.25, 0.3) is 5.91 Å². The van der Waals surface area contributed by atoms with Gasteiger partial charge in [-0.25, -0.2) is 18.6 Å². The number of halogens is 2. The minimum atomic E-state index is -0.885. The monoisotopic (exact) mass is 477 g/mol. The number of nitrogens with zero attached hydrogens (tertiary/aromatic N) is 3. The molecule has 0 aliphatic carbocycles. The molecule has 0 radical (unpaired) electrons. The molecule has 2 aromatic rings. The summed E-state index contributed by atoms with van der Waals surface area (Å²) in [6.07, 6.45) is -1.14. The number of ether oxygens (including phenoxy) is 2. The number of primary amides is 1. The first-order valence-electron chi connectivity index (χ1n) is 11.1. The molecule has 1 aromatic carbocycles. The van der Waals surface area contributed by atoms with Gasteiger partial charge < -0.3 is 25.1 Å². The second kappa shape index (κ2) is 8.95. The van der Waals surface area contributed by atoms with Crippen LogP contribution in [0.5, 0.6) is 0 Å². The molecule has 0 spiro atoms. The molecule has 34 heavy (non-hydrogen) atoms. The van der Waals surface area contributed by atoms with Crippen LogP contribution < -0.4 is 11.1 Å². The zero-order chi connectivity index (χ0) is 24.8. The van der Waals surface area contributed by atoms with Crippen molar-refractivity contribution in [3.8, 4) is 0 Å². The molecule has 184 valence electrons. The van der Waals surface area contributed by atoms with E-state index in [1.807, 2.05) is 0 Å². The Morgan fingerprint density at radius 1 is 1.26 bits per heavy atom. The second-order valence-electron chi connectivity index (χ2n) is 9.72. The maximum Gasteiger partial charge on any atom is 0.407 e. The fourth-order valence-corrected chi connectivity index (χ4v) is 4.53. The molecule has 2 amide bonds. The average Bonchev–Trinajstić information content (AvgIpc) is 3.28. The molecule has 3 N–H and O–H groups in total. The Hall–Kier alpha value is -3.05. The number of nitrogens with two attached hydrogens (primary N) is 1. The third-order valence-corrected chi connectivity index (χ3v) is 6.07. The number of hydrogen-bond acceptors (Lipinski definition) is 6. The zero-order valence-corrected chi connectivity index (χ0v) is 19.6. The summed E-state index contributed by atoms with van der Waals surface area (Å²) in [7, 11) is 1.74. The van der Waals surface area contributed by atoms with Crippen molar-refractivity contribution >= 4 is 12.0 Å². The summed E-state index contributed by atoms with van der Waals surface area (Å²) in [4.78, 5) is 30.6. The quantitative estimate of drug-likeness (QED) is 0.700. The highest BCUT2D eigenvalue weighted by Crippen LogP contribution is 2.35. The minimum absolute atomic E-state index is 0.0389. The van der Waals surface area contributed by atoms with Crippen LogP contribution in [0.15, 0.2) is 18.2 Å². The van der Waals surface area contributed by atoms with E-state index in [9.17, 15) is 18.4 Å². The summed E-state index contributed by atoms with van der Waals surface area (Å²) < 4.78 is 41.5. The van der Waals surface area contributed by atoms with Gasteiger partial charge in [0.15, 0.2) is 5.82 Å². The molecule has 0 saturated carbocycles. The first-order valence-corrected chi connectivity index (χ1v) is 11.1. The molecule has 2 aliphatic heterocycles. The Balaban J connectivity index is 1.54. The maximum atomic E-state index is 14.6. The van der Waals surface area contributed by atoms with Crippen LogP contribution in [0.3, 0.4) is 0 Å². The van der Waals surface area contributed by atoms with Crippen molar-refractivity contribution in [3.63, 3.8) is 0 Å². The molecule has 2 aliphatic rings. The van der Waals surface area contributed by atoms with E-state index in [-0.39, 0.29) is 24.0 Å². The first-order chi connectivity index (χ1) is 15.9. The van der Waals surface area contributed by atoms with Crippen LogP contribution in [0.4, 0.5) is 13.6 Å². The van der Waals surface area contributed by atoms with Gasteiger partial charge in [-0.05, 0) is 45.4 Å². The van der Waals surface area contributed by atoms with Gasteiger partial charge in [0.05, 0.1) is 24.0 Å². The van der Waals surface area contributed by atoms with Crippen molar-refractivity contribution in [1.29, 1.82) is 0 Å². The lowest BCUT2D eigenvalue weighted by Crippen LogP contribution is -2.52. The number of amides is 2. The van der Waals surface area contributed by atoms with E-state index < -0.39 is 41.4 Å². The Bertz CT molecular complexity index is 1110. The standard InChI is InChI=1S/C23H29F2N5O4/c1-23(2,3)34-22(32)28-16-8-13(11-33-19(16)14-7-12(24)5-6-15(14)25)30-9-17-18(10-30)29(4)21(27-17)20(26)31/h5-7,13,16,19H,8-11H2,1-4H3,(H2,26,31)(H,28,32)/t13-,16+,19-/m1/s1. The Morgan fingerprint density at radius 2 is 2.00 bits per heavy atom. The number of rotatable bonds is 4. The fourth-order valence-electron chi connectivity index (χ4n) is 4.53. The van der Waals surface area contributed by atoms with Crippen molar-refractivity contribution in [2.45, 2.75) is 64.1 Å². The normalized spacial score (nSPS) is 22.9. The third-order valence-electron chi connectivity index (χ3n) is 6.07. The van der Waals surface area contributed by atoms with Gasteiger partial charge in [-0.3, -0.25) is 9.69 Å². The summed E-state index contributed by atoms with van der Waals surface area (Å²) in [5.41, 5.74) is 6.34. The van der Waals surface area contributed by atoms with Crippen LogP contribution in [0.1, 0.15) is 60.9 Å². The Kier molecular flexibility index (Phi) is 6.34. The highest BCUT2D eigenvalue weighted by molar-refractivity contribution is 5.89. The lowest BCUT2D eigenvalue weighted by Gasteiger charge is -2.40. The Labute approximate surface area is 196 Å². The van der Waals surface area contributed by atoms with Gasteiger partial charge in [0.1, 0.15) is 23.3 Å². The topological polar surface area (TPSA) is 112 Å². The number of nitrogens with one attached hydrogen (secondary N) is 1. The fraction of sp³-hybridized carbons (Fsp3) is 0.522. The molecule has 0 unspecified atom stereocenters. The summed E-state index contributed by atoms with van der Waals surface area (Å²) in [6.45, 7) is 6.45. The van der Waals surface area contributed by atoms with Crippen molar-refractivity contribution in [3.05, 3.63) is 52.6 Å².